The molecule has 3 nitrogen and oxygen atoms in total. The van der Waals surface area contributed by atoms with Crippen molar-refractivity contribution in [1.82, 2.24) is 4.57 Å². The average molecular weight is 738 g/mol. The van der Waals surface area contributed by atoms with Crippen molar-refractivity contribution in [3.8, 4) is 11.8 Å². The van der Waals surface area contributed by atoms with E-state index in [0.29, 0.717) is 5.56 Å². The number of para-hydroxylation sites is 2. The Morgan fingerprint density at radius 2 is 0.849 bits per heavy atom. The molecule has 9 rings (SSSR count). The molecule has 0 unspecified atom stereocenters. The Labute approximate surface area is 312 Å². The Balaban J connectivity index is 1.22. The number of anilines is 3. The van der Waals surface area contributed by atoms with Crippen LogP contribution in [0.4, 0.5) is 17.1 Å². The third-order valence-corrected chi connectivity index (χ3v) is 20.4. The molecule has 0 saturated carbocycles. The van der Waals surface area contributed by atoms with Crippen molar-refractivity contribution in [3.63, 3.8) is 0 Å². The summed E-state index contributed by atoms with van der Waals surface area (Å²) in [5.74, 6) is 0. The van der Waals surface area contributed by atoms with Gasteiger partial charge in [0.2, 0.25) is 0 Å². The summed E-state index contributed by atoms with van der Waals surface area (Å²) in [7, 11) is 0. The molecule has 0 spiro atoms. The first-order chi connectivity index (χ1) is 26.3. The van der Waals surface area contributed by atoms with Gasteiger partial charge in [0, 0.05) is 0 Å². The van der Waals surface area contributed by atoms with Crippen molar-refractivity contribution in [2.45, 2.75) is 0 Å². The molecule has 0 N–H and O–H groups in total. The van der Waals surface area contributed by atoms with Crippen LogP contribution in [-0.4, -0.2) is 17.8 Å². The summed E-state index contributed by atoms with van der Waals surface area (Å²) in [5, 5.41) is 11.8. The zero-order valence-electron chi connectivity index (χ0n) is 29.0. The minimum Gasteiger partial charge on any atom is -0.0423 e. The number of benzene rings is 8. The van der Waals surface area contributed by atoms with Gasteiger partial charge in [0.05, 0.1) is 11.6 Å². The molecule has 0 saturated heterocycles. The van der Waals surface area contributed by atoms with Crippen LogP contribution in [0.3, 0.4) is 0 Å². The van der Waals surface area contributed by atoms with E-state index < -0.39 is 13.3 Å². The van der Waals surface area contributed by atoms with Crippen LogP contribution in [0.5, 0.6) is 0 Å². The van der Waals surface area contributed by atoms with Gasteiger partial charge < -0.3 is 0 Å². The summed E-state index contributed by atoms with van der Waals surface area (Å²) in [4.78, 5) is 2.36. The topological polar surface area (TPSA) is 32.0 Å². The van der Waals surface area contributed by atoms with Gasteiger partial charge in [0.25, 0.3) is 0 Å². The monoisotopic (exact) mass is 739 g/mol. The summed E-state index contributed by atoms with van der Waals surface area (Å²) >= 11 is -3.41. The van der Waals surface area contributed by atoms with Gasteiger partial charge in [-0.2, -0.15) is 5.26 Å². The number of nitriles is 1. The second-order valence-corrected chi connectivity index (χ2v) is 21.3. The number of fused-ring (bicyclic) bond motifs is 3. The number of hydrogen-bond donors (Lipinski definition) is 0. The molecule has 53 heavy (non-hydrogen) atoms. The predicted molar refractivity (Wildman–Crippen MR) is 224 cm³/mol. The van der Waals surface area contributed by atoms with Gasteiger partial charge in [-0.15, -0.1) is 0 Å². The molecule has 0 aliphatic carbocycles. The molecule has 0 amide bonds. The smallest absolute Gasteiger partial charge is 0.0423 e. The SMILES string of the molecule is N#Cc1ccc(-n2c3ccccc3c3cc(N(c4ccccc4)c4cc[c]([Ge]([c]5ccccc5)([c]5ccccc5)[c]5ccccc5)cc4)ccc32)cc1. The van der Waals surface area contributed by atoms with E-state index in [2.05, 4.69) is 204 Å². The van der Waals surface area contributed by atoms with Crippen LogP contribution in [0.15, 0.2) is 212 Å². The minimum atomic E-state index is -3.41. The molecular formula is C49H35GeN3. The van der Waals surface area contributed by atoms with Gasteiger partial charge in [0.1, 0.15) is 0 Å². The Morgan fingerprint density at radius 1 is 0.396 bits per heavy atom. The molecule has 4 heteroatoms. The molecule has 250 valence electrons. The van der Waals surface area contributed by atoms with E-state index in [9.17, 15) is 5.26 Å². The van der Waals surface area contributed by atoms with Crippen LogP contribution in [0, 0.1) is 11.3 Å². The van der Waals surface area contributed by atoms with Crippen LogP contribution < -0.4 is 22.5 Å². The Bertz CT molecular complexity index is 2600. The fraction of sp³-hybridized carbons (Fsp3) is 0. The second-order valence-electron chi connectivity index (χ2n) is 13.3. The van der Waals surface area contributed by atoms with E-state index in [1.807, 2.05) is 24.3 Å². The quantitative estimate of drug-likeness (QED) is 0.146. The molecule has 0 aliphatic heterocycles. The van der Waals surface area contributed by atoms with E-state index in [4.69, 9.17) is 0 Å². The van der Waals surface area contributed by atoms with Gasteiger partial charge >= 0.3 is 285 Å². The van der Waals surface area contributed by atoms with E-state index in [-0.39, 0.29) is 0 Å². The van der Waals surface area contributed by atoms with Gasteiger partial charge in [-0.05, 0) is 12.1 Å². The summed E-state index contributed by atoms with van der Waals surface area (Å²) in [6.45, 7) is 0. The van der Waals surface area contributed by atoms with Crippen molar-refractivity contribution in [2.75, 3.05) is 4.90 Å². The molecule has 1 heterocycles. The first-order valence-corrected chi connectivity index (χ1v) is 22.1. The molecule has 8 aromatic carbocycles. The summed E-state index contributed by atoms with van der Waals surface area (Å²) < 4.78 is 7.89. The van der Waals surface area contributed by atoms with Gasteiger partial charge in [-0.3, -0.25) is 0 Å². The van der Waals surface area contributed by atoms with E-state index in [1.54, 1.807) is 0 Å². The number of hydrogen-bond acceptors (Lipinski definition) is 2. The number of nitrogens with zero attached hydrogens (tertiary/aromatic N) is 3. The Morgan fingerprint density at radius 3 is 1.42 bits per heavy atom. The van der Waals surface area contributed by atoms with Crippen molar-refractivity contribution >= 4 is 69.7 Å². The van der Waals surface area contributed by atoms with Crippen molar-refractivity contribution in [2.24, 2.45) is 0 Å². The molecule has 0 fully saturated rings. The number of aromatic nitrogens is 1. The Kier molecular flexibility index (Phi) is 8.44. The minimum absolute atomic E-state index is 0.651. The third-order valence-electron chi connectivity index (χ3n) is 10.4. The molecule has 0 bridgehead atoms. The predicted octanol–water partition coefficient (Wildman–Crippen LogP) is 9.50. The molecular weight excluding hydrogens is 703 g/mol. The maximum absolute atomic E-state index is 9.43. The fourth-order valence-corrected chi connectivity index (χ4v) is 18.0. The molecule has 0 radical (unpaired) electrons. The molecule has 9 aromatic rings. The van der Waals surface area contributed by atoms with Crippen LogP contribution in [0.1, 0.15) is 5.56 Å². The van der Waals surface area contributed by atoms with E-state index in [0.717, 1.165) is 33.8 Å². The average Bonchev–Trinajstić information content (AvgIpc) is 3.57. The normalized spacial score (nSPS) is 11.4. The van der Waals surface area contributed by atoms with Gasteiger partial charge in [-0.1, -0.05) is 0 Å². The van der Waals surface area contributed by atoms with Crippen LogP contribution in [0.25, 0.3) is 27.5 Å². The van der Waals surface area contributed by atoms with Gasteiger partial charge in [-0.25, -0.2) is 0 Å². The van der Waals surface area contributed by atoms with E-state index >= 15 is 0 Å². The summed E-state index contributed by atoms with van der Waals surface area (Å²) in [5.41, 5.74) is 7.21. The second kappa shape index (κ2) is 13.8. The standard InChI is InChI=1S/C49H35GeN3/c51-36-37-25-29-44(30-26-37)53-48-24-14-13-23-46(48)47-35-45(33-34-49(47)53)52(42-21-11-4-12-22-42)43-31-27-41(28-32-43)50(38-15-5-1-6-16-38,39-17-7-2-8-18-39)40-19-9-3-10-20-40/h1-35H. The Hall–Kier alpha value is -6.61. The fourth-order valence-electron chi connectivity index (χ4n) is 8.01. The van der Waals surface area contributed by atoms with Crippen molar-refractivity contribution < 1.29 is 0 Å². The van der Waals surface area contributed by atoms with Crippen LogP contribution >= 0.6 is 0 Å². The molecule has 0 atom stereocenters. The summed E-state index contributed by atoms with van der Waals surface area (Å²) in [6, 6.07) is 78.8. The molecule has 1 aromatic heterocycles. The first kappa shape index (κ1) is 32.3. The van der Waals surface area contributed by atoms with Gasteiger partial charge in [0.15, 0.2) is 0 Å². The van der Waals surface area contributed by atoms with Crippen molar-refractivity contribution in [1.29, 1.82) is 5.26 Å². The van der Waals surface area contributed by atoms with E-state index in [1.165, 1.54) is 28.4 Å². The van der Waals surface area contributed by atoms with Crippen LogP contribution in [0.2, 0.25) is 0 Å². The van der Waals surface area contributed by atoms with Crippen LogP contribution in [-0.2, 0) is 0 Å². The zero-order valence-corrected chi connectivity index (χ0v) is 31.1. The third kappa shape index (κ3) is 5.61. The summed E-state index contributed by atoms with van der Waals surface area (Å²) in [6.07, 6.45) is 0. The van der Waals surface area contributed by atoms with Crippen molar-refractivity contribution in [3.05, 3.63) is 218 Å². The first-order valence-electron chi connectivity index (χ1n) is 17.9. The maximum atomic E-state index is 9.43. The zero-order chi connectivity index (χ0) is 35.6. The number of rotatable bonds is 8. The molecule has 0 aliphatic rings.